The van der Waals surface area contributed by atoms with E-state index < -0.39 is 0 Å². The Balaban J connectivity index is 2.42. The predicted molar refractivity (Wildman–Crippen MR) is 97.4 cm³/mol. The Morgan fingerprint density at radius 1 is 0.409 bits per heavy atom. The maximum absolute atomic E-state index is 6.49. The molecule has 0 unspecified atom stereocenters. The number of hydrogen-bond donors (Lipinski definition) is 0. The van der Waals surface area contributed by atoms with Gasteiger partial charge in [0.2, 0.25) is 0 Å². The Morgan fingerprint density at radius 2 is 0.727 bits per heavy atom. The summed E-state index contributed by atoms with van der Waals surface area (Å²) in [6, 6.07) is 19.5. The summed E-state index contributed by atoms with van der Waals surface area (Å²) in [7, 11) is 0. The van der Waals surface area contributed by atoms with E-state index in [-0.39, 0.29) is 10.0 Å². The molecule has 0 saturated carbocycles. The fourth-order valence-corrected chi connectivity index (χ4v) is 3.45. The number of halogens is 4. The SMILES string of the molecule is Clc1c(Cl)c(Cl)c(-c2ccccc2)c(-c2ccccc2)c1Cl. The third-order valence-corrected chi connectivity index (χ3v) is 5.19. The van der Waals surface area contributed by atoms with E-state index in [1.54, 1.807) is 0 Å². The number of rotatable bonds is 2. The van der Waals surface area contributed by atoms with Crippen molar-refractivity contribution in [3.05, 3.63) is 80.8 Å². The average Bonchev–Trinajstić information content (AvgIpc) is 2.57. The van der Waals surface area contributed by atoms with Crippen molar-refractivity contribution in [2.45, 2.75) is 0 Å². The van der Waals surface area contributed by atoms with Crippen LogP contribution in [0.3, 0.4) is 0 Å². The Labute approximate surface area is 149 Å². The molecule has 0 aromatic heterocycles. The van der Waals surface area contributed by atoms with Crippen molar-refractivity contribution in [1.82, 2.24) is 0 Å². The van der Waals surface area contributed by atoms with Gasteiger partial charge >= 0.3 is 0 Å². The van der Waals surface area contributed by atoms with Crippen LogP contribution in [0.1, 0.15) is 0 Å². The van der Waals surface area contributed by atoms with Gasteiger partial charge in [0.05, 0.1) is 20.1 Å². The van der Waals surface area contributed by atoms with Gasteiger partial charge in [0.25, 0.3) is 0 Å². The quantitative estimate of drug-likeness (QED) is 0.322. The fraction of sp³-hybridized carbons (Fsp3) is 0. The zero-order valence-electron chi connectivity index (χ0n) is 11.3. The Bertz CT molecular complexity index is 741. The van der Waals surface area contributed by atoms with Crippen LogP contribution in [0.5, 0.6) is 0 Å². The van der Waals surface area contributed by atoms with Crippen molar-refractivity contribution in [1.29, 1.82) is 0 Å². The van der Waals surface area contributed by atoms with Crippen LogP contribution < -0.4 is 0 Å². The number of hydrogen-bond acceptors (Lipinski definition) is 0. The monoisotopic (exact) mass is 366 g/mol. The molecule has 22 heavy (non-hydrogen) atoms. The summed E-state index contributed by atoms with van der Waals surface area (Å²) in [5.41, 5.74) is 3.44. The second-order valence-electron chi connectivity index (χ2n) is 4.74. The van der Waals surface area contributed by atoms with E-state index in [1.165, 1.54) is 0 Å². The van der Waals surface area contributed by atoms with Gasteiger partial charge in [0, 0.05) is 11.1 Å². The highest BCUT2D eigenvalue weighted by Crippen LogP contribution is 2.49. The van der Waals surface area contributed by atoms with Gasteiger partial charge in [-0.3, -0.25) is 0 Å². The lowest BCUT2D eigenvalue weighted by Gasteiger charge is -2.17. The highest BCUT2D eigenvalue weighted by Gasteiger charge is 2.22. The summed E-state index contributed by atoms with van der Waals surface area (Å²) >= 11 is 25.5. The molecule has 0 radical (unpaired) electrons. The Hall–Kier alpha value is -1.18. The van der Waals surface area contributed by atoms with E-state index in [0.717, 1.165) is 22.3 Å². The molecule has 3 aromatic rings. The van der Waals surface area contributed by atoms with Crippen LogP contribution >= 0.6 is 46.4 Å². The molecule has 0 atom stereocenters. The summed E-state index contributed by atoms with van der Waals surface area (Å²) in [5.74, 6) is 0. The zero-order valence-corrected chi connectivity index (χ0v) is 14.3. The molecule has 0 spiro atoms. The van der Waals surface area contributed by atoms with Crippen molar-refractivity contribution in [3.63, 3.8) is 0 Å². The van der Waals surface area contributed by atoms with Crippen LogP contribution in [0.25, 0.3) is 22.3 Å². The third kappa shape index (κ3) is 2.73. The van der Waals surface area contributed by atoms with Crippen molar-refractivity contribution in [2.24, 2.45) is 0 Å². The highest BCUT2D eigenvalue weighted by atomic mass is 35.5. The van der Waals surface area contributed by atoms with Gasteiger partial charge in [-0.05, 0) is 11.1 Å². The summed E-state index contributed by atoms with van der Waals surface area (Å²) in [6.45, 7) is 0. The maximum Gasteiger partial charge on any atom is 0.0800 e. The van der Waals surface area contributed by atoms with Crippen molar-refractivity contribution < 1.29 is 0 Å². The summed E-state index contributed by atoms with van der Waals surface area (Å²) in [4.78, 5) is 0. The van der Waals surface area contributed by atoms with Gasteiger partial charge in [0.1, 0.15) is 0 Å². The molecule has 110 valence electrons. The molecule has 0 nitrogen and oxygen atoms in total. The van der Waals surface area contributed by atoms with Crippen molar-refractivity contribution >= 4 is 46.4 Å². The molecule has 4 heteroatoms. The molecule has 3 aromatic carbocycles. The molecule has 0 saturated heterocycles. The second kappa shape index (κ2) is 6.52. The lowest BCUT2D eigenvalue weighted by molar-refractivity contribution is 1.58. The first kappa shape index (κ1) is 15.7. The van der Waals surface area contributed by atoms with Crippen LogP contribution in [0.4, 0.5) is 0 Å². The van der Waals surface area contributed by atoms with E-state index in [0.29, 0.717) is 10.0 Å². The van der Waals surface area contributed by atoms with Gasteiger partial charge in [0.15, 0.2) is 0 Å². The minimum atomic E-state index is 0.270. The lowest BCUT2D eigenvalue weighted by atomic mass is 9.94. The van der Waals surface area contributed by atoms with Crippen molar-refractivity contribution in [2.75, 3.05) is 0 Å². The lowest BCUT2D eigenvalue weighted by Crippen LogP contribution is -1.91. The Kier molecular flexibility index (Phi) is 4.65. The first-order valence-corrected chi connectivity index (χ1v) is 8.09. The maximum atomic E-state index is 6.49. The first-order valence-electron chi connectivity index (χ1n) is 6.58. The van der Waals surface area contributed by atoms with Gasteiger partial charge in [-0.1, -0.05) is 107 Å². The van der Waals surface area contributed by atoms with E-state index in [2.05, 4.69) is 0 Å². The average molecular weight is 368 g/mol. The number of benzene rings is 3. The summed E-state index contributed by atoms with van der Waals surface area (Å²) in [5, 5.41) is 1.35. The molecule has 0 bridgehead atoms. The molecule has 0 aliphatic rings. The summed E-state index contributed by atoms with van der Waals surface area (Å²) < 4.78 is 0. The minimum absolute atomic E-state index is 0.270. The van der Waals surface area contributed by atoms with E-state index in [1.807, 2.05) is 60.7 Å². The molecular weight excluding hydrogens is 358 g/mol. The van der Waals surface area contributed by atoms with E-state index in [9.17, 15) is 0 Å². The third-order valence-electron chi connectivity index (χ3n) is 3.39. The minimum Gasteiger partial charge on any atom is -0.0819 e. The molecule has 0 N–H and O–H groups in total. The standard InChI is InChI=1S/C18H10Cl4/c19-15-13(11-7-3-1-4-8-11)14(12-9-5-2-6-10-12)16(20)18(22)17(15)21/h1-10H. The van der Waals surface area contributed by atoms with Crippen LogP contribution in [-0.4, -0.2) is 0 Å². The smallest absolute Gasteiger partial charge is 0.0800 e. The summed E-state index contributed by atoms with van der Waals surface area (Å²) in [6.07, 6.45) is 0. The predicted octanol–water partition coefficient (Wildman–Crippen LogP) is 7.63. The van der Waals surface area contributed by atoms with Gasteiger partial charge in [-0.15, -0.1) is 0 Å². The molecule has 0 amide bonds. The van der Waals surface area contributed by atoms with Crippen molar-refractivity contribution in [3.8, 4) is 22.3 Å². The first-order chi connectivity index (χ1) is 10.6. The highest BCUT2D eigenvalue weighted by molar-refractivity contribution is 6.54. The largest absolute Gasteiger partial charge is 0.0819 e. The van der Waals surface area contributed by atoms with E-state index in [4.69, 9.17) is 46.4 Å². The normalized spacial score (nSPS) is 10.7. The second-order valence-corrected chi connectivity index (χ2v) is 6.25. The molecule has 0 heterocycles. The molecule has 0 aliphatic carbocycles. The van der Waals surface area contributed by atoms with Crippen LogP contribution in [0.15, 0.2) is 60.7 Å². The molecule has 0 aliphatic heterocycles. The van der Waals surface area contributed by atoms with Crippen LogP contribution in [-0.2, 0) is 0 Å². The zero-order chi connectivity index (χ0) is 15.7. The van der Waals surface area contributed by atoms with Gasteiger partial charge in [-0.2, -0.15) is 0 Å². The van der Waals surface area contributed by atoms with Crippen LogP contribution in [0, 0.1) is 0 Å². The molecule has 0 fully saturated rings. The topological polar surface area (TPSA) is 0 Å². The molecule has 3 rings (SSSR count). The van der Waals surface area contributed by atoms with Gasteiger partial charge in [-0.25, -0.2) is 0 Å². The van der Waals surface area contributed by atoms with Gasteiger partial charge < -0.3 is 0 Å². The Morgan fingerprint density at radius 3 is 1.05 bits per heavy atom. The van der Waals surface area contributed by atoms with Crippen LogP contribution in [0.2, 0.25) is 20.1 Å². The molecular formula is C18H10Cl4. The van der Waals surface area contributed by atoms with E-state index >= 15 is 0 Å². The fourth-order valence-electron chi connectivity index (χ4n) is 2.38.